The Kier molecular flexibility index (Phi) is 5.49. The van der Waals surface area contributed by atoms with Crippen LogP contribution in [-0.4, -0.2) is 47.3 Å². The predicted octanol–water partition coefficient (Wildman–Crippen LogP) is 0.977. The first-order valence-electron chi connectivity index (χ1n) is 5.03. The molecule has 1 rings (SSSR count). The summed E-state index contributed by atoms with van der Waals surface area (Å²) in [5.74, 6) is 0.0800. The molecule has 0 aromatic carbocycles. The fourth-order valence-electron chi connectivity index (χ4n) is 1.90. The van der Waals surface area contributed by atoms with Crippen molar-refractivity contribution in [2.24, 2.45) is 5.92 Å². The molecule has 0 aliphatic carbocycles. The number of hydrogen-bond acceptors (Lipinski definition) is 5. The van der Waals surface area contributed by atoms with E-state index in [9.17, 15) is 0 Å². The van der Waals surface area contributed by atoms with Crippen LogP contribution >= 0.6 is 0 Å². The van der Waals surface area contributed by atoms with Crippen molar-refractivity contribution in [3.63, 3.8) is 0 Å². The molecule has 0 N–H and O–H groups in total. The third-order valence-corrected chi connectivity index (χ3v) is 2.68. The Bertz CT molecular complexity index is 171. The molecule has 0 aromatic rings. The molecular weight excluding hydrogens is 200 g/mol. The van der Waals surface area contributed by atoms with E-state index in [0.29, 0.717) is 0 Å². The maximum absolute atomic E-state index is 5.58. The second-order valence-electron chi connectivity index (χ2n) is 3.49. The molecule has 0 saturated carbocycles. The highest BCUT2D eigenvalue weighted by Gasteiger charge is 2.37. The Balaban J connectivity index is 2.56. The molecule has 90 valence electrons. The van der Waals surface area contributed by atoms with Gasteiger partial charge in [-0.25, -0.2) is 0 Å². The molecule has 3 atom stereocenters. The average Bonchev–Trinajstić information content (AvgIpc) is 2.31. The quantitative estimate of drug-likeness (QED) is 0.646. The number of methoxy groups -OCH3 is 4. The van der Waals surface area contributed by atoms with Crippen molar-refractivity contribution in [2.75, 3.05) is 28.4 Å². The lowest BCUT2D eigenvalue weighted by Gasteiger charge is -2.37. The summed E-state index contributed by atoms with van der Waals surface area (Å²) < 4.78 is 26.4. The summed E-state index contributed by atoms with van der Waals surface area (Å²) in [7, 11) is 6.46. The monoisotopic (exact) mass is 220 g/mol. The molecule has 5 nitrogen and oxygen atoms in total. The largest absolute Gasteiger partial charge is 0.356 e. The van der Waals surface area contributed by atoms with Crippen molar-refractivity contribution in [3.8, 4) is 0 Å². The van der Waals surface area contributed by atoms with Crippen molar-refractivity contribution in [1.82, 2.24) is 0 Å². The van der Waals surface area contributed by atoms with Gasteiger partial charge in [-0.05, 0) is 12.8 Å². The van der Waals surface area contributed by atoms with E-state index < -0.39 is 0 Å². The zero-order chi connectivity index (χ0) is 11.3. The van der Waals surface area contributed by atoms with E-state index in [2.05, 4.69) is 0 Å². The lowest BCUT2D eigenvalue weighted by Crippen LogP contribution is -2.44. The molecule has 1 aliphatic heterocycles. The molecule has 5 heteroatoms. The Hall–Kier alpha value is -0.200. The summed E-state index contributed by atoms with van der Waals surface area (Å²) in [6.07, 6.45) is 0.884. The van der Waals surface area contributed by atoms with Crippen LogP contribution in [0.2, 0.25) is 0 Å². The van der Waals surface area contributed by atoms with Crippen LogP contribution in [0.15, 0.2) is 0 Å². The van der Waals surface area contributed by atoms with Crippen LogP contribution in [0.25, 0.3) is 0 Å². The number of hydrogen-bond donors (Lipinski definition) is 0. The fourth-order valence-corrected chi connectivity index (χ4v) is 1.90. The summed E-state index contributed by atoms with van der Waals surface area (Å²) >= 11 is 0. The zero-order valence-corrected chi connectivity index (χ0v) is 9.76. The summed E-state index contributed by atoms with van der Waals surface area (Å²) in [6.45, 7) is 0. The van der Waals surface area contributed by atoms with Gasteiger partial charge in [-0.2, -0.15) is 0 Å². The van der Waals surface area contributed by atoms with E-state index in [1.165, 1.54) is 0 Å². The molecule has 0 spiro atoms. The van der Waals surface area contributed by atoms with Crippen LogP contribution in [0.3, 0.4) is 0 Å². The first kappa shape index (κ1) is 12.9. The molecule has 0 radical (unpaired) electrons. The minimum atomic E-state index is -0.339. The van der Waals surface area contributed by atoms with E-state index in [-0.39, 0.29) is 24.8 Å². The van der Waals surface area contributed by atoms with Crippen LogP contribution in [0.1, 0.15) is 12.8 Å². The van der Waals surface area contributed by atoms with Gasteiger partial charge in [0.2, 0.25) is 0 Å². The highest BCUT2D eigenvalue weighted by molar-refractivity contribution is 4.73. The molecule has 1 fully saturated rings. The minimum Gasteiger partial charge on any atom is -0.356 e. The second kappa shape index (κ2) is 6.40. The van der Waals surface area contributed by atoms with Crippen molar-refractivity contribution >= 4 is 0 Å². The molecule has 1 aliphatic rings. The summed E-state index contributed by atoms with van der Waals surface area (Å²) in [4.78, 5) is 0. The zero-order valence-electron chi connectivity index (χ0n) is 9.76. The molecular formula is C10H20O5. The molecule has 1 heterocycles. The Morgan fingerprint density at radius 2 is 1.67 bits per heavy atom. The molecule has 0 amide bonds. The standard InChI is InChI=1S/C10H20O5/c1-11-8-6-5-7(9(12-2)13-3)10(14-4)15-8/h7-10H,5-6H2,1-4H3. The van der Waals surface area contributed by atoms with Gasteiger partial charge in [0.05, 0.1) is 5.92 Å². The van der Waals surface area contributed by atoms with Crippen molar-refractivity contribution < 1.29 is 23.7 Å². The van der Waals surface area contributed by atoms with Gasteiger partial charge in [-0.3, -0.25) is 0 Å². The van der Waals surface area contributed by atoms with Crippen LogP contribution in [0.5, 0.6) is 0 Å². The van der Waals surface area contributed by atoms with E-state index in [0.717, 1.165) is 12.8 Å². The maximum atomic E-state index is 5.58. The minimum absolute atomic E-state index is 0.0800. The lowest BCUT2D eigenvalue weighted by atomic mass is 9.99. The first-order valence-corrected chi connectivity index (χ1v) is 5.03. The van der Waals surface area contributed by atoms with Gasteiger partial charge in [-0.15, -0.1) is 0 Å². The SMILES string of the molecule is COC1CCC(C(OC)OC)C(OC)O1. The maximum Gasteiger partial charge on any atom is 0.167 e. The van der Waals surface area contributed by atoms with Gasteiger partial charge in [0, 0.05) is 28.4 Å². The van der Waals surface area contributed by atoms with Gasteiger partial charge >= 0.3 is 0 Å². The fraction of sp³-hybridized carbons (Fsp3) is 1.00. The van der Waals surface area contributed by atoms with Crippen molar-refractivity contribution in [2.45, 2.75) is 31.7 Å². The molecule has 3 unspecified atom stereocenters. The van der Waals surface area contributed by atoms with Gasteiger partial charge < -0.3 is 23.7 Å². The second-order valence-corrected chi connectivity index (χ2v) is 3.49. The van der Waals surface area contributed by atoms with Crippen LogP contribution in [0.4, 0.5) is 0 Å². The Morgan fingerprint density at radius 1 is 1.00 bits per heavy atom. The molecule has 0 bridgehead atoms. The van der Waals surface area contributed by atoms with E-state index in [1.807, 2.05) is 0 Å². The van der Waals surface area contributed by atoms with E-state index in [1.54, 1.807) is 28.4 Å². The number of ether oxygens (including phenoxy) is 5. The van der Waals surface area contributed by atoms with Crippen LogP contribution < -0.4 is 0 Å². The normalized spacial score (nSPS) is 32.2. The average molecular weight is 220 g/mol. The topological polar surface area (TPSA) is 46.2 Å². The summed E-state index contributed by atoms with van der Waals surface area (Å²) in [6, 6.07) is 0. The third-order valence-electron chi connectivity index (χ3n) is 2.68. The molecule has 1 saturated heterocycles. The number of rotatable bonds is 5. The highest BCUT2D eigenvalue weighted by atomic mass is 16.8. The van der Waals surface area contributed by atoms with Gasteiger partial charge in [0.15, 0.2) is 18.9 Å². The third kappa shape index (κ3) is 3.12. The smallest absolute Gasteiger partial charge is 0.167 e. The Morgan fingerprint density at radius 3 is 2.13 bits per heavy atom. The van der Waals surface area contributed by atoms with Gasteiger partial charge in [0.1, 0.15) is 0 Å². The molecule has 15 heavy (non-hydrogen) atoms. The van der Waals surface area contributed by atoms with Crippen molar-refractivity contribution in [3.05, 3.63) is 0 Å². The predicted molar refractivity (Wildman–Crippen MR) is 53.2 cm³/mol. The Labute approximate surface area is 90.6 Å². The summed E-state index contributed by atoms with van der Waals surface area (Å²) in [5.41, 5.74) is 0. The van der Waals surface area contributed by atoms with E-state index >= 15 is 0 Å². The van der Waals surface area contributed by atoms with Gasteiger partial charge in [-0.1, -0.05) is 0 Å². The highest BCUT2D eigenvalue weighted by Crippen LogP contribution is 2.29. The summed E-state index contributed by atoms with van der Waals surface area (Å²) in [5, 5.41) is 0. The van der Waals surface area contributed by atoms with Crippen molar-refractivity contribution in [1.29, 1.82) is 0 Å². The van der Waals surface area contributed by atoms with Crippen LogP contribution in [-0.2, 0) is 23.7 Å². The van der Waals surface area contributed by atoms with Crippen LogP contribution in [0, 0.1) is 5.92 Å². The van der Waals surface area contributed by atoms with E-state index in [4.69, 9.17) is 23.7 Å². The lowest BCUT2D eigenvalue weighted by molar-refractivity contribution is -0.305. The van der Waals surface area contributed by atoms with Gasteiger partial charge in [0.25, 0.3) is 0 Å². The first-order chi connectivity index (χ1) is 7.26. The molecule has 0 aromatic heterocycles.